The van der Waals surface area contributed by atoms with Crippen LogP contribution in [0.5, 0.6) is 11.5 Å². The number of fused-ring (bicyclic) bond motifs is 2. The van der Waals surface area contributed by atoms with Crippen molar-refractivity contribution in [1.29, 1.82) is 0 Å². The van der Waals surface area contributed by atoms with Crippen LogP contribution in [-0.4, -0.2) is 11.2 Å². The molecular formula is C16H14F6O2. The zero-order valence-electron chi connectivity index (χ0n) is 12.6. The Kier molecular flexibility index (Phi) is 3.58. The van der Waals surface area contributed by atoms with Crippen molar-refractivity contribution in [2.75, 3.05) is 0 Å². The maximum absolute atomic E-state index is 14.6. The van der Waals surface area contributed by atoms with Gasteiger partial charge >= 0.3 is 6.11 Å². The summed E-state index contributed by atoms with van der Waals surface area (Å²) >= 11 is 0. The molecule has 0 aliphatic heterocycles. The molecule has 24 heavy (non-hydrogen) atoms. The lowest BCUT2D eigenvalue weighted by Gasteiger charge is -2.51. The van der Waals surface area contributed by atoms with E-state index in [-0.39, 0.29) is 25.7 Å². The molecule has 0 aromatic heterocycles. The Labute approximate surface area is 133 Å². The summed E-state index contributed by atoms with van der Waals surface area (Å²) in [5, 5.41) is 9.00. The highest BCUT2D eigenvalue weighted by molar-refractivity contribution is 5.35. The van der Waals surface area contributed by atoms with Crippen molar-refractivity contribution < 1.29 is 36.2 Å². The standard InChI is InChI=1S/C16H14F6O2/c1-14-4-6-15(7-5-14,13(20)12(14)19)16(21,22)24-9-3-2-8(23)10(17)11(9)18/h2-3,23H,4-7H2,1H3. The molecule has 0 unspecified atom stereocenters. The number of phenolic OH excluding ortho intramolecular Hbond substituents is 1. The molecular weight excluding hydrogens is 338 g/mol. The van der Waals surface area contributed by atoms with Crippen molar-refractivity contribution in [2.24, 2.45) is 10.8 Å². The first-order valence-corrected chi connectivity index (χ1v) is 7.34. The third kappa shape index (κ3) is 2.11. The summed E-state index contributed by atoms with van der Waals surface area (Å²) in [6, 6.07) is 1.24. The zero-order chi connectivity index (χ0) is 17.9. The fourth-order valence-corrected chi connectivity index (χ4v) is 3.40. The molecule has 0 radical (unpaired) electrons. The minimum atomic E-state index is -4.29. The highest BCUT2D eigenvalue weighted by Gasteiger charge is 2.67. The van der Waals surface area contributed by atoms with Crippen LogP contribution in [0.3, 0.4) is 0 Å². The fraction of sp³-hybridized carbons (Fsp3) is 0.500. The van der Waals surface area contributed by atoms with Gasteiger partial charge in [0.1, 0.15) is 17.1 Å². The topological polar surface area (TPSA) is 29.5 Å². The maximum atomic E-state index is 14.6. The number of ether oxygens (including phenoxy) is 1. The van der Waals surface area contributed by atoms with Gasteiger partial charge in [0.25, 0.3) is 0 Å². The van der Waals surface area contributed by atoms with Gasteiger partial charge in [-0.2, -0.15) is 17.6 Å². The van der Waals surface area contributed by atoms with E-state index in [2.05, 4.69) is 4.74 Å². The molecule has 4 rings (SSSR count). The summed E-state index contributed by atoms with van der Waals surface area (Å²) in [5.41, 5.74) is -3.66. The van der Waals surface area contributed by atoms with Gasteiger partial charge in [-0.25, -0.2) is 8.78 Å². The molecule has 0 amide bonds. The van der Waals surface area contributed by atoms with E-state index in [0.29, 0.717) is 12.1 Å². The number of allylic oxidation sites excluding steroid dienone is 1. The molecule has 1 fully saturated rings. The molecule has 0 heterocycles. The summed E-state index contributed by atoms with van der Waals surface area (Å²) in [5.74, 6) is -8.68. The lowest BCUT2D eigenvalue weighted by molar-refractivity contribution is -0.271. The van der Waals surface area contributed by atoms with Gasteiger partial charge in [0.15, 0.2) is 11.5 Å². The van der Waals surface area contributed by atoms with E-state index in [1.54, 1.807) is 0 Å². The van der Waals surface area contributed by atoms with E-state index < -0.39 is 51.7 Å². The van der Waals surface area contributed by atoms with Gasteiger partial charge in [-0.3, -0.25) is 0 Å². The largest absolute Gasteiger partial charge is 0.505 e. The Morgan fingerprint density at radius 1 is 0.958 bits per heavy atom. The predicted octanol–water partition coefficient (Wildman–Crippen LogP) is 5.37. The number of aromatic hydroxyl groups is 1. The summed E-state index contributed by atoms with van der Waals surface area (Å²) in [6.45, 7) is 1.46. The van der Waals surface area contributed by atoms with Crippen molar-refractivity contribution in [3.63, 3.8) is 0 Å². The number of alkyl halides is 2. The van der Waals surface area contributed by atoms with Crippen LogP contribution >= 0.6 is 0 Å². The Morgan fingerprint density at radius 2 is 1.54 bits per heavy atom. The molecule has 3 aliphatic carbocycles. The molecule has 0 saturated heterocycles. The number of halogens is 6. The molecule has 1 aromatic carbocycles. The van der Waals surface area contributed by atoms with Gasteiger partial charge in [0, 0.05) is 5.41 Å². The molecule has 0 atom stereocenters. The highest BCUT2D eigenvalue weighted by Crippen LogP contribution is 2.65. The number of benzene rings is 1. The van der Waals surface area contributed by atoms with Crippen LogP contribution in [0.2, 0.25) is 0 Å². The van der Waals surface area contributed by atoms with Crippen LogP contribution in [0.1, 0.15) is 32.6 Å². The molecule has 1 aromatic rings. The summed E-state index contributed by atoms with van der Waals surface area (Å²) in [6.07, 6.45) is -5.05. The molecule has 2 bridgehead atoms. The Bertz CT molecular complexity index is 720. The maximum Gasteiger partial charge on any atom is 0.410 e. The number of phenols is 1. The van der Waals surface area contributed by atoms with E-state index in [4.69, 9.17) is 5.11 Å². The number of rotatable bonds is 3. The van der Waals surface area contributed by atoms with Crippen molar-refractivity contribution in [1.82, 2.24) is 0 Å². The van der Waals surface area contributed by atoms with Gasteiger partial charge in [-0.1, -0.05) is 6.92 Å². The van der Waals surface area contributed by atoms with E-state index in [9.17, 15) is 26.3 Å². The van der Waals surface area contributed by atoms with E-state index >= 15 is 0 Å². The Balaban J connectivity index is 2.01. The Hall–Kier alpha value is -1.86. The third-order valence-corrected chi connectivity index (χ3v) is 5.17. The Morgan fingerprint density at radius 3 is 2.12 bits per heavy atom. The minimum absolute atomic E-state index is 0.00236. The van der Waals surface area contributed by atoms with Gasteiger partial charge < -0.3 is 9.84 Å². The summed E-state index contributed by atoms with van der Waals surface area (Å²) in [4.78, 5) is 0. The highest BCUT2D eigenvalue weighted by atomic mass is 19.3. The molecule has 3 aliphatic rings. The van der Waals surface area contributed by atoms with Crippen LogP contribution < -0.4 is 4.74 Å². The molecule has 132 valence electrons. The average Bonchev–Trinajstić information content (AvgIpc) is 2.53. The third-order valence-electron chi connectivity index (χ3n) is 5.17. The predicted molar refractivity (Wildman–Crippen MR) is 71.8 cm³/mol. The van der Waals surface area contributed by atoms with Gasteiger partial charge in [-0.15, -0.1) is 0 Å². The van der Waals surface area contributed by atoms with E-state index in [1.807, 2.05) is 0 Å². The van der Waals surface area contributed by atoms with Crippen LogP contribution in [0.15, 0.2) is 23.8 Å². The van der Waals surface area contributed by atoms with Crippen molar-refractivity contribution >= 4 is 0 Å². The first kappa shape index (κ1) is 17.0. The first-order valence-electron chi connectivity index (χ1n) is 7.34. The SMILES string of the molecule is CC12CCC(C(F)(F)Oc3ccc(O)c(F)c3F)(CC1)C(F)=C2F. The van der Waals surface area contributed by atoms with Crippen LogP contribution in [0.4, 0.5) is 26.3 Å². The normalized spacial score (nSPS) is 30.0. The van der Waals surface area contributed by atoms with E-state index in [1.165, 1.54) is 6.92 Å². The average molecular weight is 352 g/mol. The molecule has 0 spiro atoms. The van der Waals surface area contributed by atoms with Gasteiger partial charge in [0.05, 0.1) is 0 Å². The van der Waals surface area contributed by atoms with Crippen LogP contribution in [0, 0.1) is 22.5 Å². The van der Waals surface area contributed by atoms with Crippen molar-refractivity contribution in [2.45, 2.75) is 38.7 Å². The van der Waals surface area contributed by atoms with Crippen molar-refractivity contribution in [3.8, 4) is 11.5 Å². The van der Waals surface area contributed by atoms with E-state index in [0.717, 1.165) is 0 Å². The lowest BCUT2D eigenvalue weighted by Crippen LogP contribution is -2.53. The second-order valence-corrected chi connectivity index (χ2v) is 6.60. The van der Waals surface area contributed by atoms with Gasteiger partial charge in [0.2, 0.25) is 11.6 Å². The zero-order valence-corrected chi connectivity index (χ0v) is 12.6. The second kappa shape index (κ2) is 5.07. The molecule has 8 heteroatoms. The van der Waals surface area contributed by atoms with Gasteiger partial charge in [-0.05, 0) is 37.8 Å². The second-order valence-electron chi connectivity index (χ2n) is 6.60. The molecule has 1 saturated carbocycles. The quantitative estimate of drug-likeness (QED) is 0.741. The summed E-state index contributed by atoms with van der Waals surface area (Å²) < 4.78 is 88.9. The minimum Gasteiger partial charge on any atom is -0.505 e. The van der Waals surface area contributed by atoms with Crippen LogP contribution in [-0.2, 0) is 0 Å². The lowest BCUT2D eigenvalue weighted by atomic mass is 9.57. The molecule has 2 nitrogen and oxygen atoms in total. The monoisotopic (exact) mass is 352 g/mol. The molecule has 1 N–H and O–H groups in total. The fourth-order valence-electron chi connectivity index (χ4n) is 3.40. The smallest absolute Gasteiger partial charge is 0.410 e. The van der Waals surface area contributed by atoms with Crippen LogP contribution in [0.25, 0.3) is 0 Å². The first-order chi connectivity index (χ1) is 11.0. The number of hydrogen-bond acceptors (Lipinski definition) is 2. The van der Waals surface area contributed by atoms with Crippen molar-refractivity contribution in [3.05, 3.63) is 35.4 Å². The number of hydrogen-bond donors (Lipinski definition) is 1. The summed E-state index contributed by atoms with van der Waals surface area (Å²) in [7, 11) is 0.